The molecule has 2 amide bonds. The molecule has 1 atom stereocenters. The Morgan fingerprint density at radius 2 is 2.30 bits per heavy atom. The molecule has 20 heavy (non-hydrogen) atoms. The fraction of sp³-hybridized carbons (Fsp3) is 0.308. The largest absolute Gasteiger partial charge is 0.441 e. The smallest absolute Gasteiger partial charge is 0.430 e. The van der Waals surface area contributed by atoms with E-state index in [2.05, 4.69) is 10.4 Å². The number of amides is 2. The van der Waals surface area contributed by atoms with Crippen LogP contribution in [0.5, 0.6) is 0 Å². The highest BCUT2D eigenvalue weighted by Crippen LogP contribution is 2.17. The zero-order valence-electron chi connectivity index (χ0n) is 10.9. The number of carbonyl (C=O) groups excluding carboxylic acids is 2. The second-order valence-electron chi connectivity index (χ2n) is 4.62. The Kier molecular flexibility index (Phi) is 3.02. The summed E-state index contributed by atoms with van der Waals surface area (Å²) in [6.45, 7) is 2.08. The summed E-state index contributed by atoms with van der Waals surface area (Å²) in [7, 11) is 0. The van der Waals surface area contributed by atoms with Crippen LogP contribution >= 0.6 is 0 Å². The first kappa shape index (κ1) is 12.5. The van der Waals surface area contributed by atoms with Gasteiger partial charge in [0.2, 0.25) is 5.91 Å². The number of nitrogens with zero attached hydrogens (tertiary/aromatic N) is 3. The second kappa shape index (κ2) is 4.84. The van der Waals surface area contributed by atoms with E-state index in [1.165, 1.54) is 16.7 Å². The topological polar surface area (TPSA) is 76.5 Å². The molecular formula is C13H14N4O3. The first-order valence-corrected chi connectivity index (χ1v) is 6.31. The molecule has 1 N–H and O–H groups in total. The van der Waals surface area contributed by atoms with Gasteiger partial charge < -0.3 is 10.1 Å². The number of rotatable bonds is 3. The first-order valence-electron chi connectivity index (χ1n) is 6.31. The Labute approximate surface area is 115 Å². The maximum Gasteiger partial charge on any atom is 0.430 e. The highest BCUT2D eigenvalue weighted by atomic mass is 16.6. The molecule has 3 rings (SSSR count). The van der Waals surface area contributed by atoms with Crippen molar-refractivity contribution in [2.24, 2.45) is 0 Å². The predicted octanol–water partition coefficient (Wildman–Crippen LogP) is 0.629. The van der Waals surface area contributed by atoms with E-state index in [1.807, 2.05) is 24.3 Å². The number of hydrogen-bond donors (Lipinski definition) is 1. The third kappa shape index (κ3) is 2.18. The number of carbonyl (C=O) groups is 2. The van der Waals surface area contributed by atoms with Crippen molar-refractivity contribution < 1.29 is 14.3 Å². The molecule has 2 aromatic rings. The van der Waals surface area contributed by atoms with Crippen LogP contribution in [-0.2, 0) is 9.53 Å². The summed E-state index contributed by atoms with van der Waals surface area (Å²) in [5, 5.41) is 9.23. The zero-order chi connectivity index (χ0) is 14.1. The second-order valence-corrected chi connectivity index (χ2v) is 4.62. The van der Waals surface area contributed by atoms with Gasteiger partial charge in [0.05, 0.1) is 24.8 Å². The van der Waals surface area contributed by atoms with Gasteiger partial charge in [-0.1, -0.05) is 18.2 Å². The van der Waals surface area contributed by atoms with Crippen LogP contribution in [0.25, 0.3) is 10.9 Å². The number of para-hydroxylation sites is 1. The fourth-order valence-corrected chi connectivity index (χ4v) is 2.18. The van der Waals surface area contributed by atoms with Crippen LogP contribution in [0.2, 0.25) is 0 Å². The molecule has 1 saturated heterocycles. The lowest BCUT2D eigenvalue weighted by Crippen LogP contribution is -2.38. The van der Waals surface area contributed by atoms with Crippen molar-refractivity contribution in [1.82, 2.24) is 15.2 Å². The van der Waals surface area contributed by atoms with Gasteiger partial charge in [-0.2, -0.15) is 14.9 Å². The predicted molar refractivity (Wildman–Crippen MR) is 71.8 cm³/mol. The minimum Gasteiger partial charge on any atom is -0.441 e. The Hall–Kier alpha value is -2.57. The summed E-state index contributed by atoms with van der Waals surface area (Å²) in [5.74, 6) is -0.149. The molecule has 7 heteroatoms. The fourth-order valence-electron chi connectivity index (χ4n) is 2.18. The van der Waals surface area contributed by atoms with E-state index < -0.39 is 6.09 Å². The van der Waals surface area contributed by atoms with Gasteiger partial charge in [0.15, 0.2) is 0 Å². The van der Waals surface area contributed by atoms with Crippen LogP contribution in [0.1, 0.15) is 6.92 Å². The monoisotopic (exact) mass is 274 g/mol. The van der Waals surface area contributed by atoms with E-state index in [4.69, 9.17) is 4.74 Å². The molecular weight excluding hydrogens is 260 g/mol. The molecule has 1 aliphatic rings. The van der Waals surface area contributed by atoms with Gasteiger partial charge in [-0.05, 0) is 6.07 Å². The number of ether oxygens (including phenoxy) is 1. The Balaban J connectivity index is 1.80. The van der Waals surface area contributed by atoms with Crippen molar-refractivity contribution in [1.29, 1.82) is 0 Å². The molecule has 0 saturated carbocycles. The molecule has 0 aliphatic carbocycles. The van der Waals surface area contributed by atoms with Crippen molar-refractivity contribution in [2.45, 2.75) is 13.0 Å². The summed E-state index contributed by atoms with van der Waals surface area (Å²) in [5.41, 5.74) is 0.838. The van der Waals surface area contributed by atoms with Crippen LogP contribution in [0, 0.1) is 0 Å². The Morgan fingerprint density at radius 1 is 1.50 bits per heavy atom. The lowest BCUT2D eigenvalue weighted by molar-refractivity contribution is -0.119. The van der Waals surface area contributed by atoms with E-state index >= 15 is 0 Å². The molecule has 0 spiro atoms. The summed E-state index contributed by atoms with van der Waals surface area (Å²) in [6.07, 6.45) is 0.868. The molecule has 1 aromatic carbocycles. The van der Waals surface area contributed by atoms with Crippen molar-refractivity contribution in [3.8, 4) is 0 Å². The van der Waals surface area contributed by atoms with E-state index in [9.17, 15) is 9.59 Å². The number of hydrogen-bond acceptors (Lipinski definition) is 4. The average molecular weight is 274 g/mol. The zero-order valence-corrected chi connectivity index (χ0v) is 10.9. The molecule has 0 radical (unpaired) electrons. The van der Waals surface area contributed by atoms with Crippen LogP contribution in [0.4, 0.5) is 4.79 Å². The molecule has 1 unspecified atom stereocenters. The summed E-state index contributed by atoms with van der Waals surface area (Å²) >= 11 is 0. The van der Waals surface area contributed by atoms with Crippen molar-refractivity contribution in [3.63, 3.8) is 0 Å². The Bertz CT molecular complexity index is 666. The van der Waals surface area contributed by atoms with Gasteiger partial charge in [-0.3, -0.25) is 4.79 Å². The molecule has 7 nitrogen and oxygen atoms in total. The van der Waals surface area contributed by atoms with Crippen LogP contribution in [-0.4, -0.2) is 41.1 Å². The third-order valence-electron chi connectivity index (χ3n) is 3.12. The van der Waals surface area contributed by atoms with E-state index in [0.29, 0.717) is 13.1 Å². The minimum atomic E-state index is -0.464. The van der Waals surface area contributed by atoms with E-state index in [-0.39, 0.29) is 12.0 Å². The van der Waals surface area contributed by atoms with Crippen LogP contribution in [0.15, 0.2) is 30.5 Å². The molecule has 1 aliphatic heterocycles. The number of benzene rings is 1. The first-order chi connectivity index (χ1) is 9.65. The van der Waals surface area contributed by atoms with Gasteiger partial charge in [0.25, 0.3) is 0 Å². The number of aromatic nitrogens is 2. The quantitative estimate of drug-likeness (QED) is 0.890. The summed E-state index contributed by atoms with van der Waals surface area (Å²) in [4.78, 5) is 24.3. The van der Waals surface area contributed by atoms with E-state index in [0.717, 1.165) is 10.9 Å². The molecule has 104 valence electrons. The minimum absolute atomic E-state index is 0.149. The lowest BCUT2D eigenvalue weighted by Gasteiger charge is -2.13. The molecule has 1 fully saturated rings. The third-order valence-corrected chi connectivity index (χ3v) is 3.12. The van der Waals surface area contributed by atoms with Gasteiger partial charge >= 0.3 is 6.09 Å². The molecule has 2 heterocycles. The van der Waals surface area contributed by atoms with Crippen molar-refractivity contribution >= 4 is 22.9 Å². The van der Waals surface area contributed by atoms with Crippen LogP contribution in [0.3, 0.4) is 0 Å². The number of cyclic esters (lactones) is 1. The van der Waals surface area contributed by atoms with Crippen molar-refractivity contribution in [2.75, 3.05) is 18.1 Å². The van der Waals surface area contributed by atoms with Gasteiger partial charge in [-0.15, -0.1) is 0 Å². The highest BCUT2D eigenvalue weighted by molar-refractivity contribution is 5.85. The van der Waals surface area contributed by atoms with E-state index in [1.54, 1.807) is 6.20 Å². The Morgan fingerprint density at radius 3 is 3.10 bits per heavy atom. The standard InChI is InChI=1S/C13H14N4O3/c1-9(18)14-7-11-8-16(13(19)20-11)17-12-5-3-2-4-10(12)6-15-17/h2-6,11H,7-8H2,1H3,(H,14,18). The van der Waals surface area contributed by atoms with Crippen LogP contribution < -0.4 is 10.3 Å². The average Bonchev–Trinajstić information content (AvgIpc) is 2.99. The molecule has 0 bridgehead atoms. The lowest BCUT2D eigenvalue weighted by atomic mass is 10.3. The van der Waals surface area contributed by atoms with Gasteiger partial charge in [0, 0.05) is 12.3 Å². The SMILES string of the molecule is CC(=O)NCC1CN(n2ncc3ccccc32)C(=O)O1. The normalized spacial score (nSPS) is 18.4. The van der Waals surface area contributed by atoms with Gasteiger partial charge in [-0.25, -0.2) is 4.79 Å². The molecule has 1 aromatic heterocycles. The maximum absolute atomic E-state index is 11.9. The maximum atomic E-state index is 11.9. The number of nitrogens with one attached hydrogen (secondary N) is 1. The summed E-state index contributed by atoms with van der Waals surface area (Å²) in [6, 6.07) is 7.61. The highest BCUT2D eigenvalue weighted by Gasteiger charge is 2.33. The van der Waals surface area contributed by atoms with Crippen molar-refractivity contribution in [3.05, 3.63) is 30.5 Å². The number of fused-ring (bicyclic) bond motifs is 1. The van der Waals surface area contributed by atoms with Gasteiger partial charge in [0.1, 0.15) is 6.10 Å². The summed E-state index contributed by atoms with van der Waals surface area (Å²) < 4.78 is 5.21.